The number of rotatable bonds is 0. The van der Waals surface area contributed by atoms with Crippen molar-refractivity contribution in [3.63, 3.8) is 0 Å². The van der Waals surface area contributed by atoms with Gasteiger partial charge in [-0.2, -0.15) is 0 Å². The molecule has 0 aliphatic carbocycles. The van der Waals surface area contributed by atoms with Crippen LogP contribution in [0.3, 0.4) is 0 Å². The van der Waals surface area contributed by atoms with Crippen LogP contribution >= 0.6 is 0 Å². The van der Waals surface area contributed by atoms with Gasteiger partial charge in [-0.3, -0.25) is 0 Å². The van der Waals surface area contributed by atoms with E-state index in [0.717, 1.165) is 22.6 Å². The Bertz CT molecular complexity index is 1100. The minimum absolute atomic E-state index is 0.910. The Labute approximate surface area is 140 Å². The molecule has 0 atom stereocenters. The Hall–Kier alpha value is -3.00. The van der Waals surface area contributed by atoms with Gasteiger partial charge in [0.05, 0.1) is 0 Å². The second-order valence-electron chi connectivity index (χ2n) is 6.38. The summed E-state index contributed by atoms with van der Waals surface area (Å²) in [6, 6.07) is 21.0. The zero-order chi connectivity index (χ0) is 16.3. The van der Waals surface area contributed by atoms with Crippen LogP contribution in [0, 0.1) is 13.8 Å². The smallest absolute Gasteiger partial charge is 0.135 e. The monoisotopic (exact) mass is 311 g/mol. The summed E-state index contributed by atoms with van der Waals surface area (Å²) in [5.74, 6) is 1.82. The van der Waals surface area contributed by atoms with Gasteiger partial charge in [-0.1, -0.05) is 42.5 Å². The first-order valence-electron chi connectivity index (χ1n) is 8.22. The third-order valence-electron chi connectivity index (χ3n) is 5.02. The number of benzene rings is 3. The van der Waals surface area contributed by atoms with Gasteiger partial charge in [0, 0.05) is 33.3 Å². The van der Waals surface area contributed by atoms with Crippen molar-refractivity contribution in [1.29, 1.82) is 0 Å². The van der Waals surface area contributed by atoms with Crippen LogP contribution in [-0.2, 0) is 0 Å². The van der Waals surface area contributed by atoms with Crippen molar-refractivity contribution < 1.29 is 4.74 Å². The van der Waals surface area contributed by atoms with E-state index in [-0.39, 0.29) is 0 Å². The quantitative estimate of drug-likeness (QED) is 0.360. The van der Waals surface area contributed by atoms with E-state index in [2.05, 4.69) is 61.3 Å². The molecule has 1 aromatic heterocycles. The summed E-state index contributed by atoms with van der Waals surface area (Å²) in [6.07, 6.45) is 0. The normalized spacial score (nSPS) is 12.1. The minimum atomic E-state index is 0.910. The van der Waals surface area contributed by atoms with Crippen molar-refractivity contribution in [1.82, 2.24) is 4.98 Å². The van der Waals surface area contributed by atoms with Gasteiger partial charge in [0.1, 0.15) is 11.5 Å². The fourth-order valence-electron chi connectivity index (χ4n) is 3.74. The largest absolute Gasteiger partial charge is 0.456 e. The molecule has 0 fully saturated rings. The zero-order valence-corrected chi connectivity index (χ0v) is 13.7. The second kappa shape index (κ2) is 4.75. The lowest BCUT2D eigenvalue weighted by Gasteiger charge is -2.11. The molecule has 2 heterocycles. The molecule has 1 N–H and O–H groups in total. The Morgan fingerprint density at radius 1 is 0.708 bits per heavy atom. The van der Waals surface area contributed by atoms with E-state index in [9.17, 15) is 0 Å². The van der Waals surface area contributed by atoms with E-state index in [0.29, 0.717) is 0 Å². The number of aryl methyl sites for hydroxylation is 2. The van der Waals surface area contributed by atoms with Gasteiger partial charge < -0.3 is 9.72 Å². The highest BCUT2D eigenvalue weighted by molar-refractivity contribution is 6.07. The maximum Gasteiger partial charge on any atom is 0.135 e. The van der Waals surface area contributed by atoms with Gasteiger partial charge in [-0.15, -0.1) is 0 Å². The van der Waals surface area contributed by atoms with E-state index < -0.39 is 0 Å². The van der Waals surface area contributed by atoms with Crippen molar-refractivity contribution in [2.45, 2.75) is 13.8 Å². The average Bonchev–Trinajstić information content (AvgIpc) is 2.82. The lowest BCUT2D eigenvalue weighted by molar-refractivity contribution is 0.488. The van der Waals surface area contributed by atoms with Crippen LogP contribution in [0.5, 0.6) is 11.5 Å². The molecule has 5 rings (SSSR count). The molecule has 3 aromatic carbocycles. The number of hydrogen-bond donors (Lipinski definition) is 1. The molecule has 0 radical (unpaired) electrons. The Balaban J connectivity index is 2.03. The summed E-state index contributed by atoms with van der Waals surface area (Å²) in [4.78, 5) is 3.51. The van der Waals surface area contributed by atoms with Crippen LogP contribution < -0.4 is 4.74 Å². The van der Waals surface area contributed by atoms with Gasteiger partial charge in [-0.25, -0.2) is 0 Å². The topological polar surface area (TPSA) is 25.0 Å². The summed E-state index contributed by atoms with van der Waals surface area (Å²) in [5.41, 5.74) is 8.48. The lowest BCUT2D eigenvalue weighted by Crippen LogP contribution is -1.86. The molecule has 0 unspecified atom stereocenters. The van der Waals surface area contributed by atoms with Crippen LogP contribution in [0.15, 0.2) is 60.7 Å². The summed E-state index contributed by atoms with van der Waals surface area (Å²) in [7, 11) is 0. The van der Waals surface area contributed by atoms with Crippen molar-refractivity contribution in [2.75, 3.05) is 0 Å². The summed E-state index contributed by atoms with van der Waals surface area (Å²) >= 11 is 0. The summed E-state index contributed by atoms with van der Waals surface area (Å²) in [6.45, 7) is 4.32. The molecule has 1 aliphatic heterocycles. The van der Waals surface area contributed by atoms with Crippen molar-refractivity contribution in [2.24, 2.45) is 0 Å². The van der Waals surface area contributed by atoms with Crippen LogP contribution in [0.2, 0.25) is 0 Å². The molecule has 4 aromatic rings. The highest BCUT2D eigenvalue weighted by Crippen LogP contribution is 2.49. The summed E-state index contributed by atoms with van der Waals surface area (Å²) in [5, 5.41) is 1.29. The molecular formula is C22H17NO. The molecule has 116 valence electrons. The van der Waals surface area contributed by atoms with Gasteiger partial charge in [0.25, 0.3) is 0 Å². The van der Waals surface area contributed by atoms with Gasteiger partial charge in [0.15, 0.2) is 0 Å². The second-order valence-corrected chi connectivity index (χ2v) is 6.38. The maximum atomic E-state index is 6.27. The number of ether oxygens (including phenoxy) is 1. The predicted octanol–water partition coefficient (Wildman–Crippen LogP) is 6.22. The third-order valence-corrected chi connectivity index (χ3v) is 5.02. The zero-order valence-electron chi connectivity index (χ0n) is 13.7. The van der Waals surface area contributed by atoms with E-state index in [1.165, 1.54) is 33.3 Å². The van der Waals surface area contributed by atoms with Crippen molar-refractivity contribution in [3.05, 3.63) is 71.9 Å². The molecule has 0 saturated carbocycles. The van der Waals surface area contributed by atoms with Crippen LogP contribution in [0.4, 0.5) is 0 Å². The van der Waals surface area contributed by atoms with Crippen LogP contribution in [0.25, 0.3) is 33.2 Å². The molecule has 2 nitrogen and oxygen atoms in total. The van der Waals surface area contributed by atoms with E-state index in [1.807, 2.05) is 18.2 Å². The minimum Gasteiger partial charge on any atom is -0.456 e. The molecule has 0 bridgehead atoms. The SMILES string of the molecule is Cc1[nH]c2ccc3c(c2c1C)-c1ccccc1Oc1ccccc1-3. The number of H-pyrrole nitrogens is 1. The van der Waals surface area contributed by atoms with E-state index in [4.69, 9.17) is 4.74 Å². The lowest BCUT2D eigenvalue weighted by atomic mass is 9.90. The molecular weight excluding hydrogens is 294 g/mol. The maximum absolute atomic E-state index is 6.27. The highest BCUT2D eigenvalue weighted by atomic mass is 16.5. The number of fused-ring (bicyclic) bond motifs is 7. The fraction of sp³-hybridized carbons (Fsp3) is 0.0909. The van der Waals surface area contributed by atoms with Gasteiger partial charge in [0.2, 0.25) is 0 Å². The van der Waals surface area contributed by atoms with E-state index in [1.54, 1.807) is 0 Å². The molecule has 0 spiro atoms. The average molecular weight is 311 g/mol. The van der Waals surface area contributed by atoms with E-state index >= 15 is 0 Å². The highest BCUT2D eigenvalue weighted by Gasteiger charge is 2.23. The predicted molar refractivity (Wildman–Crippen MR) is 98.7 cm³/mol. The Morgan fingerprint density at radius 3 is 2.17 bits per heavy atom. The van der Waals surface area contributed by atoms with Crippen molar-refractivity contribution >= 4 is 10.9 Å². The number of hydrogen-bond acceptors (Lipinski definition) is 1. The number of nitrogens with one attached hydrogen (secondary N) is 1. The number of aromatic nitrogens is 1. The molecule has 2 heteroatoms. The third kappa shape index (κ3) is 1.71. The first-order valence-corrected chi connectivity index (χ1v) is 8.22. The molecule has 0 saturated heterocycles. The van der Waals surface area contributed by atoms with Crippen molar-refractivity contribution in [3.8, 4) is 33.8 Å². The Kier molecular flexibility index (Phi) is 2.66. The summed E-state index contributed by atoms with van der Waals surface area (Å²) < 4.78 is 6.27. The molecule has 24 heavy (non-hydrogen) atoms. The number of para-hydroxylation sites is 2. The fourth-order valence-corrected chi connectivity index (χ4v) is 3.74. The molecule has 1 aliphatic rings. The first kappa shape index (κ1) is 13.4. The van der Waals surface area contributed by atoms with Gasteiger partial charge in [-0.05, 0) is 43.2 Å². The first-order chi connectivity index (χ1) is 11.7. The standard InChI is InChI=1S/C22H17NO/c1-13-14(2)23-18-12-11-16-15-7-3-5-9-19(15)24-20-10-6-4-8-17(20)22(16)21(13)18/h3-12,23H,1-2H3. The van der Waals surface area contributed by atoms with Crippen LogP contribution in [0.1, 0.15) is 11.3 Å². The number of aromatic amines is 1. The van der Waals surface area contributed by atoms with Crippen LogP contribution in [-0.4, -0.2) is 4.98 Å². The Morgan fingerprint density at radius 2 is 1.38 bits per heavy atom. The molecule has 0 amide bonds. The van der Waals surface area contributed by atoms with Gasteiger partial charge >= 0.3 is 0 Å².